The van der Waals surface area contributed by atoms with Crippen LogP contribution in [0.25, 0.3) is 0 Å². The molecule has 0 aliphatic heterocycles. The zero-order chi connectivity index (χ0) is 15.1. The zero-order valence-electron chi connectivity index (χ0n) is 12.3. The Kier molecular flexibility index (Phi) is 5.84. The molecular weight excluding hydrogens is 278 g/mol. The van der Waals surface area contributed by atoms with E-state index in [9.17, 15) is 0 Å². The first-order valence-electron chi connectivity index (χ1n) is 7.07. The Morgan fingerprint density at radius 1 is 1.14 bits per heavy atom. The molecular formula is C17H21N3S. The van der Waals surface area contributed by atoms with Gasteiger partial charge in [0.1, 0.15) is 0 Å². The van der Waals surface area contributed by atoms with Crippen LogP contribution < -0.4 is 5.73 Å². The van der Waals surface area contributed by atoms with Crippen molar-refractivity contribution in [1.29, 1.82) is 0 Å². The lowest BCUT2D eigenvalue weighted by molar-refractivity contribution is 0.330. The Bertz CT molecular complexity index is 584. The lowest BCUT2D eigenvalue weighted by atomic mass is 10.0. The van der Waals surface area contributed by atoms with E-state index in [4.69, 9.17) is 18.0 Å². The first-order valence-corrected chi connectivity index (χ1v) is 7.48. The third-order valence-corrected chi connectivity index (χ3v) is 3.60. The summed E-state index contributed by atoms with van der Waals surface area (Å²) in [5.74, 6) is 0. The smallest absolute Gasteiger partial charge is 0.0771 e. The summed E-state index contributed by atoms with van der Waals surface area (Å²) in [4.78, 5) is 6.90. The Morgan fingerprint density at radius 2 is 1.81 bits per heavy atom. The van der Waals surface area contributed by atoms with E-state index < -0.39 is 0 Å². The summed E-state index contributed by atoms with van der Waals surface area (Å²) in [5, 5.41) is 0. The molecule has 110 valence electrons. The van der Waals surface area contributed by atoms with E-state index in [1.807, 2.05) is 18.5 Å². The van der Waals surface area contributed by atoms with Crippen LogP contribution in [0, 0.1) is 0 Å². The van der Waals surface area contributed by atoms with E-state index in [1.165, 1.54) is 16.7 Å². The number of rotatable bonds is 7. The minimum atomic E-state index is 0.543. The van der Waals surface area contributed by atoms with Gasteiger partial charge < -0.3 is 10.6 Å². The van der Waals surface area contributed by atoms with Gasteiger partial charge in [-0.05, 0) is 42.3 Å². The van der Waals surface area contributed by atoms with Crippen molar-refractivity contribution < 1.29 is 0 Å². The van der Waals surface area contributed by atoms with Crippen molar-refractivity contribution >= 4 is 17.2 Å². The molecule has 0 radical (unpaired) electrons. The first-order chi connectivity index (χ1) is 10.1. The molecule has 0 saturated carbocycles. The van der Waals surface area contributed by atoms with Crippen molar-refractivity contribution in [2.45, 2.75) is 19.4 Å². The number of nitrogens with zero attached hydrogens (tertiary/aromatic N) is 2. The molecule has 0 amide bonds. The molecule has 2 aromatic rings. The van der Waals surface area contributed by atoms with Crippen molar-refractivity contribution in [3.05, 3.63) is 65.5 Å². The molecule has 1 heterocycles. The number of thiocarbonyl (C=S) groups is 1. The van der Waals surface area contributed by atoms with E-state index in [2.05, 4.69) is 47.3 Å². The molecule has 0 aliphatic carbocycles. The predicted molar refractivity (Wildman–Crippen MR) is 91.2 cm³/mol. The maximum absolute atomic E-state index is 5.67. The van der Waals surface area contributed by atoms with Crippen molar-refractivity contribution in [2.24, 2.45) is 5.73 Å². The SMILES string of the molecule is CN(CCc1ccncc1)Cc1ccccc1CC(N)=S. The molecule has 1 aromatic carbocycles. The highest BCUT2D eigenvalue weighted by atomic mass is 32.1. The highest BCUT2D eigenvalue weighted by Gasteiger charge is 2.06. The summed E-state index contributed by atoms with van der Waals surface area (Å²) in [6.45, 7) is 1.91. The summed E-state index contributed by atoms with van der Waals surface area (Å²) < 4.78 is 0. The van der Waals surface area contributed by atoms with Crippen LogP contribution in [0.3, 0.4) is 0 Å². The van der Waals surface area contributed by atoms with Gasteiger partial charge in [0.15, 0.2) is 0 Å². The monoisotopic (exact) mass is 299 g/mol. The lowest BCUT2D eigenvalue weighted by Gasteiger charge is -2.19. The summed E-state index contributed by atoms with van der Waals surface area (Å²) in [5.41, 5.74) is 9.50. The number of aromatic nitrogens is 1. The molecule has 0 fully saturated rings. The van der Waals surface area contributed by atoms with Crippen molar-refractivity contribution in [3.8, 4) is 0 Å². The van der Waals surface area contributed by atoms with Gasteiger partial charge in [0.2, 0.25) is 0 Å². The maximum atomic E-state index is 5.67. The summed E-state index contributed by atoms with van der Waals surface area (Å²) in [7, 11) is 2.14. The molecule has 0 unspecified atom stereocenters. The molecule has 21 heavy (non-hydrogen) atoms. The molecule has 1 aromatic heterocycles. The van der Waals surface area contributed by atoms with Gasteiger partial charge in [0.05, 0.1) is 4.99 Å². The fraction of sp³-hybridized carbons (Fsp3) is 0.294. The van der Waals surface area contributed by atoms with Crippen LogP contribution in [0.4, 0.5) is 0 Å². The molecule has 2 rings (SSSR count). The van der Waals surface area contributed by atoms with E-state index in [-0.39, 0.29) is 0 Å². The van der Waals surface area contributed by atoms with Crippen LogP contribution in [-0.4, -0.2) is 28.5 Å². The molecule has 0 saturated heterocycles. The van der Waals surface area contributed by atoms with Crippen molar-refractivity contribution in [1.82, 2.24) is 9.88 Å². The van der Waals surface area contributed by atoms with Crippen LogP contribution in [-0.2, 0) is 19.4 Å². The molecule has 0 bridgehead atoms. The quantitative estimate of drug-likeness (QED) is 0.798. The average Bonchev–Trinajstić information content (AvgIpc) is 2.48. The van der Waals surface area contributed by atoms with E-state index in [0.717, 1.165) is 19.5 Å². The number of benzene rings is 1. The first kappa shape index (κ1) is 15.6. The van der Waals surface area contributed by atoms with Crippen LogP contribution in [0.5, 0.6) is 0 Å². The average molecular weight is 299 g/mol. The molecule has 3 nitrogen and oxygen atoms in total. The van der Waals surface area contributed by atoms with Gasteiger partial charge in [-0.3, -0.25) is 4.98 Å². The van der Waals surface area contributed by atoms with E-state index >= 15 is 0 Å². The second-order valence-electron chi connectivity index (χ2n) is 5.26. The number of likely N-dealkylation sites (N-methyl/N-ethyl adjacent to an activating group) is 1. The Labute approximate surface area is 131 Å². The van der Waals surface area contributed by atoms with Crippen LogP contribution >= 0.6 is 12.2 Å². The zero-order valence-corrected chi connectivity index (χ0v) is 13.1. The van der Waals surface area contributed by atoms with Crippen LogP contribution in [0.2, 0.25) is 0 Å². The second kappa shape index (κ2) is 7.86. The normalized spacial score (nSPS) is 10.8. The number of pyridine rings is 1. The minimum Gasteiger partial charge on any atom is -0.393 e. The van der Waals surface area contributed by atoms with E-state index in [1.54, 1.807) is 0 Å². The minimum absolute atomic E-state index is 0.543. The van der Waals surface area contributed by atoms with Gasteiger partial charge in [-0.15, -0.1) is 0 Å². The standard InChI is InChI=1S/C17H21N3S/c1-20(11-8-14-6-9-19-10-7-14)13-16-5-3-2-4-15(16)12-17(18)21/h2-7,9-10H,8,11-13H2,1H3,(H2,18,21). The Hall–Kier alpha value is -1.78. The van der Waals surface area contributed by atoms with Gasteiger partial charge >= 0.3 is 0 Å². The van der Waals surface area contributed by atoms with Crippen molar-refractivity contribution in [3.63, 3.8) is 0 Å². The third-order valence-electron chi connectivity index (χ3n) is 3.45. The molecule has 4 heteroatoms. The molecule has 2 N–H and O–H groups in total. The Morgan fingerprint density at radius 3 is 2.48 bits per heavy atom. The fourth-order valence-corrected chi connectivity index (χ4v) is 2.47. The fourth-order valence-electron chi connectivity index (χ4n) is 2.31. The second-order valence-corrected chi connectivity index (χ2v) is 5.78. The highest BCUT2D eigenvalue weighted by molar-refractivity contribution is 7.80. The molecule has 0 spiro atoms. The predicted octanol–water partition coefficient (Wildman–Crippen LogP) is 2.58. The van der Waals surface area contributed by atoms with E-state index in [0.29, 0.717) is 11.4 Å². The van der Waals surface area contributed by atoms with Crippen molar-refractivity contribution in [2.75, 3.05) is 13.6 Å². The topological polar surface area (TPSA) is 42.2 Å². The largest absolute Gasteiger partial charge is 0.393 e. The summed E-state index contributed by atoms with van der Waals surface area (Å²) in [6.07, 6.45) is 5.37. The van der Waals surface area contributed by atoms with Gasteiger partial charge in [0.25, 0.3) is 0 Å². The van der Waals surface area contributed by atoms with Gasteiger partial charge in [-0.25, -0.2) is 0 Å². The number of hydrogen-bond acceptors (Lipinski definition) is 3. The number of hydrogen-bond donors (Lipinski definition) is 1. The maximum Gasteiger partial charge on any atom is 0.0771 e. The summed E-state index contributed by atoms with van der Waals surface area (Å²) >= 11 is 5.02. The Balaban J connectivity index is 1.93. The molecule has 0 atom stereocenters. The van der Waals surface area contributed by atoms with Gasteiger partial charge in [-0.1, -0.05) is 36.5 Å². The van der Waals surface area contributed by atoms with Crippen LogP contribution in [0.15, 0.2) is 48.8 Å². The summed E-state index contributed by atoms with van der Waals surface area (Å²) in [6, 6.07) is 12.5. The van der Waals surface area contributed by atoms with Gasteiger partial charge in [0, 0.05) is 31.9 Å². The molecule has 0 aliphatic rings. The van der Waals surface area contributed by atoms with Crippen LogP contribution in [0.1, 0.15) is 16.7 Å². The van der Waals surface area contributed by atoms with Gasteiger partial charge in [-0.2, -0.15) is 0 Å². The highest BCUT2D eigenvalue weighted by Crippen LogP contribution is 2.12. The number of nitrogens with two attached hydrogens (primary N) is 1. The third kappa shape index (κ3) is 5.25. The lowest BCUT2D eigenvalue weighted by Crippen LogP contribution is -2.22.